The molecule has 1 amide bonds. The fourth-order valence-corrected chi connectivity index (χ4v) is 0.764. The lowest BCUT2D eigenvalue weighted by Crippen LogP contribution is -2.29. The molecule has 0 aromatic heterocycles. The number of carbonyl (C=O) groups is 1. The predicted octanol–water partition coefficient (Wildman–Crippen LogP) is 0.531. The molecule has 0 aliphatic rings. The Balaban J connectivity index is 3.60. The molecule has 11 heavy (non-hydrogen) atoms. The SMILES string of the molecule is CCC(=O)N(C)CCC(N)=S. The molecule has 0 rings (SSSR count). The van der Waals surface area contributed by atoms with Crippen molar-refractivity contribution in [2.45, 2.75) is 19.8 Å². The van der Waals surface area contributed by atoms with Crippen LogP contribution in [0.1, 0.15) is 19.8 Å². The third-order valence-electron chi connectivity index (χ3n) is 1.42. The highest BCUT2D eigenvalue weighted by atomic mass is 32.1. The number of rotatable bonds is 4. The number of amides is 1. The average molecular weight is 174 g/mol. The zero-order valence-corrected chi connectivity index (χ0v) is 7.78. The second kappa shape index (κ2) is 5.07. The van der Waals surface area contributed by atoms with Crippen LogP contribution in [0.15, 0.2) is 0 Å². The van der Waals surface area contributed by atoms with Gasteiger partial charge in [0.25, 0.3) is 0 Å². The Labute approximate surface area is 72.5 Å². The highest BCUT2D eigenvalue weighted by molar-refractivity contribution is 7.80. The lowest BCUT2D eigenvalue weighted by atomic mass is 10.3. The molecule has 0 unspecified atom stereocenters. The molecule has 0 fully saturated rings. The molecule has 0 aliphatic heterocycles. The molecule has 0 saturated heterocycles. The van der Waals surface area contributed by atoms with E-state index in [1.54, 1.807) is 11.9 Å². The third-order valence-corrected chi connectivity index (χ3v) is 1.63. The van der Waals surface area contributed by atoms with E-state index in [-0.39, 0.29) is 5.91 Å². The van der Waals surface area contributed by atoms with Crippen molar-refractivity contribution in [3.05, 3.63) is 0 Å². The lowest BCUT2D eigenvalue weighted by Gasteiger charge is -2.14. The Morgan fingerprint density at radius 2 is 2.18 bits per heavy atom. The number of hydrogen-bond donors (Lipinski definition) is 1. The average Bonchev–Trinajstić information content (AvgIpc) is 1.98. The molecule has 4 heteroatoms. The fourth-order valence-electron chi connectivity index (χ4n) is 0.673. The van der Waals surface area contributed by atoms with Gasteiger partial charge in [-0.2, -0.15) is 0 Å². The monoisotopic (exact) mass is 174 g/mol. The Hall–Kier alpha value is -0.640. The number of hydrogen-bond acceptors (Lipinski definition) is 2. The van der Waals surface area contributed by atoms with Gasteiger partial charge >= 0.3 is 0 Å². The summed E-state index contributed by atoms with van der Waals surface area (Å²) in [5, 5.41) is 0. The molecule has 64 valence electrons. The van der Waals surface area contributed by atoms with Crippen LogP contribution in [0.4, 0.5) is 0 Å². The van der Waals surface area contributed by atoms with E-state index in [0.717, 1.165) is 0 Å². The minimum atomic E-state index is 0.126. The molecule has 0 bridgehead atoms. The maximum atomic E-state index is 11.0. The minimum absolute atomic E-state index is 0.126. The summed E-state index contributed by atoms with van der Waals surface area (Å²) in [7, 11) is 1.75. The molecular formula is C7H14N2OS. The van der Waals surface area contributed by atoms with Crippen molar-refractivity contribution in [1.82, 2.24) is 4.90 Å². The van der Waals surface area contributed by atoms with Gasteiger partial charge in [-0.05, 0) is 0 Å². The van der Waals surface area contributed by atoms with Crippen LogP contribution in [-0.2, 0) is 4.79 Å². The van der Waals surface area contributed by atoms with Crippen molar-refractivity contribution >= 4 is 23.1 Å². The maximum absolute atomic E-state index is 11.0. The van der Waals surface area contributed by atoms with E-state index in [2.05, 4.69) is 12.2 Å². The second-order valence-electron chi connectivity index (χ2n) is 2.39. The van der Waals surface area contributed by atoms with E-state index < -0.39 is 0 Å². The first-order chi connectivity index (χ1) is 5.07. The smallest absolute Gasteiger partial charge is 0.222 e. The van der Waals surface area contributed by atoms with Gasteiger partial charge in [-0.3, -0.25) is 4.79 Å². The zero-order valence-electron chi connectivity index (χ0n) is 6.96. The Morgan fingerprint density at radius 1 is 1.64 bits per heavy atom. The summed E-state index contributed by atoms with van der Waals surface area (Å²) in [4.78, 5) is 13.1. The van der Waals surface area contributed by atoms with Gasteiger partial charge in [0.1, 0.15) is 0 Å². The number of thiocarbonyl (C=S) groups is 1. The van der Waals surface area contributed by atoms with Gasteiger partial charge in [0.15, 0.2) is 0 Å². The maximum Gasteiger partial charge on any atom is 0.222 e. The van der Waals surface area contributed by atoms with Crippen molar-refractivity contribution in [1.29, 1.82) is 0 Å². The Kier molecular flexibility index (Phi) is 4.77. The first-order valence-electron chi connectivity index (χ1n) is 3.60. The van der Waals surface area contributed by atoms with Crippen LogP contribution in [0.25, 0.3) is 0 Å². The summed E-state index contributed by atoms with van der Waals surface area (Å²) in [6.07, 6.45) is 1.14. The van der Waals surface area contributed by atoms with Gasteiger partial charge in [-0.15, -0.1) is 0 Å². The normalized spacial score (nSPS) is 9.27. The summed E-state index contributed by atoms with van der Waals surface area (Å²) in [6.45, 7) is 2.46. The van der Waals surface area contributed by atoms with Crippen LogP contribution < -0.4 is 5.73 Å². The predicted molar refractivity (Wildman–Crippen MR) is 49.3 cm³/mol. The minimum Gasteiger partial charge on any atom is -0.393 e. The van der Waals surface area contributed by atoms with Crippen LogP contribution in [0.3, 0.4) is 0 Å². The molecule has 0 heterocycles. The van der Waals surface area contributed by atoms with Gasteiger partial charge in [0.2, 0.25) is 5.91 Å². The summed E-state index contributed by atoms with van der Waals surface area (Å²) < 4.78 is 0. The second-order valence-corrected chi connectivity index (χ2v) is 2.91. The first kappa shape index (κ1) is 10.4. The van der Waals surface area contributed by atoms with E-state index in [9.17, 15) is 4.79 Å². The first-order valence-corrected chi connectivity index (χ1v) is 4.01. The molecular weight excluding hydrogens is 160 g/mol. The molecule has 0 saturated carbocycles. The standard InChI is InChI=1S/C7H14N2OS/c1-3-7(10)9(2)5-4-6(8)11/h3-5H2,1-2H3,(H2,8,11). The van der Waals surface area contributed by atoms with Crippen LogP contribution >= 0.6 is 12.2 Å². The van der Waals surface area contributed by atoms with Gasteiger partial charge in [-0.1, -0.05) is 19.1 Å². The van der Waals surface area contributed by atoms with Crippen LogP contribution in [0, 0.1) is 0 Å². The largest absolute Gasteiger partial charge is 0.393 e. The molecule has 3 nitrogen and oxygen atoms in total. The lowest BCUT2D eigenvalue weighted by molar-refractivity contribution is -0.129. The molecule has 0 aliphatic carbocycles. The Morgan fingerprint density at radius 3 is 2.55 bits per heavy atom. The quantitative estimate of drug-likeness (QED) is 0.632. The topological polar surface area (TPSA) is 46.3 Å². The van der Waals surface area contributed by atoms with E-state index in [1.807, 2.05) is 6.92 Å². The molecule has 2 N–H and O–H groups in total. The molecule has 0 radical (unpaired) electrons. The Bertz CT molecular complexity index is 159. The summed E-state index contributed by atoms with van der Waals surface area (Å²) in [5.41, 5.74) is 5.28. The van der Waals surface area contributed by atoms with Gasteiger partial charge in [0.05, 0.1) is 4.99 Å². The highest BCUT2D eigenvalue weighted by Crippen LogP contribution is 1.91. The highest BCUT2D eigenvalue weighted by Gasteiger charge is 2.04. The molecule has 0 aromatic carbocycles. The van der Waals surface area contributed by atoms with E-state index in [1.165, 1.54) is 0 Å². The van der Waals surface area contributed by atoms with Gasteiger partial charge < -0.3 is 10.6 Å². The van der Waals surface area contributed by atoms with Crippen molar-refractivity contribution in [3.63, 3.8) is 0 Å². The third kappa shape index (κ3) is 4.72. The van der Waals surface area contributed by atoms with Gasteiger partial charge in [-0.25, -0.2) is 0 Å². The van der Waals surface area contributed by atoms with Crippen LogP contribution in [0.5, 0.6) is 0 Å². The van der Waals surface area contributed by atoms with E-state index >= 15 is 0 Å². The van der Waals surface area contributed by atoms with Crippen molar-refractivity contribution in [2.24, 2.45) is 5.73 Å². The van der Waals surface area contributed by atoms with Crippen molar-refractivity contribution < 1.29 is 4.79 Å². The number of nitrogens with two attached hydrogens (primary N) is 1. The number of nitrogens with zero attached hydrogens (tertiary/aromatic N) is 1. The van der Waals surface area contributed by atoms with E-state index in [4.69, 9.17) is 5.73 Å². The molecule has 0 spiro atoms. The van der Waals surface area contributed by atoms with Crippen LogP contribution in [0.2, 0.25) is 0 Å². The fraction of sp³-hybridized carbons (Fsp3) is 0.714. The van der Waals surface area contributed by atoms with Crippen LogP contribution in [-0.4, -0.2) is 29.4 Å². The summed E-state index contributed by atoms with van der Waals surface area (Å²) in [6, 6.07) is 0. The number of carbonyl (C=O) groups excluding carboxylic acids is 1. The van der Waals surface area contributed by atoms with Gasteiger partial charge in [0, 0.05) is 26.4 Å². The molecule has 0 aromatic rings. The van der Waals surface area contributed by atoms with E-state index in [0.29, 0.717) is 24.4 Å². The molecule has 0 atom stereocenters. The van der Waals surface area contributed by atoms with Crippen molar-refractivity contribution in [2.75, 3.05) is 13.6 Å². The zero-order chi connectivity index (χ0) is 8.85. The summed E-state index contributed by atoms with van der Waals surface area (Å²) >= 11 is 4.68. The van der Waals surface area contributed by atoms with Crippen molar-refractivity contribution in [3.8, 4) is 0 Å². The summed E-state index contributed by atoms with van der Waals surface area (Å²) in [5.74, 6) is 0.126.